The molecule has 0 aliphatic heterocycles. The topological polar surface area (TPSA) is 81.4 Å². The van der Waals surface area contributed by atoms with Gasteiger partial charge in [-0.25, -0.2) is 4.79 Å². The zero-order valence-corrected chi connectivity index (χ0v) is 18.5. The Morgan fingerprint density at radius 2 is 1.72 bits per heavy atom. The zero-order chi connectivity index (χ0) is 22.3. The van der Waals surface area contributed by atoms with E-state index in [0.717, 1.165) is 23.0 Å². The number of para-hydroxylation sites is 1. The van der Waals surface area contributed by atoms with Crippen molar-refractivity contribution in [2.75, 3.05) is 12.5 Å². The van der Waals surface area contributed by atoms with Gasteiger partial charge >= 0.3 is 5.97 Å². The van der Waals surface area contributed by atoms with Crippen molar-refractivity contribution in [3.8, 4) is 17.1 Å². The quantitative estimate of drug-likeness (QED) is 0.142. The van der Waals surface area contributed by atoms with Crippen LogP contribution in [0.1, 0.15) is 0 Å². The predicted molar refractivity (Wildman–Crippen MR) is 127 cm³/mol. The third-order valence-corrected chi connectivity index (χ3v) is 5.47. The second kappa shape index (κ2) is 10.1. The molecule has 0 atom stereocenters. The summed E-state index contributed by atoms with van der Waals surface area (Å²) in [5.41, 5.74) is 5.22. The van der Waals surface area contributed by atoms with Crippen LogP contribution in [0.3, 0.4) is 0 Å². The summed E-state index contributed by atoms with van der Waals surface area (Å²) in [4.78, 5) is 12.4. The summed E-state index contributed by atoms with van der Waals surface area (Å²) < 4.78 is 6.79. The van der Waals surface area contributed by atoms with E-state index < -0.39 is 5.97 Å². The van der Waals surface area contributed by atoms with Gasteiger partial charge in [0.1, 0.15) is 0 Å². The molecule has 1 N–H and O–H groups in total. The zero-order valence-electron chi connectivity index (χ0n) is 17.0. The number of nitrogens with zero attached hydrogens (tertiary/aromatic N) is 4. The third-order valence-electron chi connectivity index (χ3n) is 4.34. The lowest BCUT2D eigenvalue weighted by Crippen LogP contribution is -2.15. The number of carbonyl (C=O) groups excluding carboxylic acids is 1. The van der Waals surface area contributed by atoms with Crippen LogP contribution >= 0.6 is 23.4 Å². The first kappa shape index (κ1) is 21.6. The van der Waals surface area contributed by atoms with Gasteiger partial charge in [-0.15, -0.1) is 10.2 Å². The minimum absolute atomic E-state index is 0.0664. The standard InChI is InChI=1S/C23H18ClN5O2S/c1-31-22(30)21(27-25-18-12-8-11-17(24)15-18)32-23-28-26-20(16-9-4-2-5-10-16)29(23)19-13-6-3-7-14-19/h2-15,25H,1H3. The summed E-state index contributed by atoms with van der Waals surface area (Å²) in [5.74, 6) is 0.0414. The Bertz CT molecular complexity index is 1250. The van der Waals surface area contributed by atoms with Crippen LogP contribution in [0.2, 0.25) is 5.02 Å². The van der Waals surface area contributed by atoms with Crippen LogP contribution < -0.4 is 5.43 Å². The number of hydrogen-bond acceptors (Lipinski definition) is 7. The molecule has 0 saturated carbocycles. The fourth-order valence-electron chi connectivity index (χ4n) is 2.88. The number of ether oxygens (including phenoxy) is 1. The molecule has 7 nitrogen and oxygen atoms in total. The summed E-state index contributed by atoms with van der Waals surface area (Å²) in [6.07, 6.45) is 0. The number of esters is 1. The van der Waals surface area contributed by atoms with Gasteiger partial charge in [-0.2, -0.15) is 5.10 Å². The summed E-state index contributed by atoms with van der Waals surface area (Å²) in [5, 5.41) is 14.0. The van der Waals surface area contributed by atoms with E-state index >= 15 is 0 Å². The van der Waals surface area contributed by atoms with E-state index in [-0.39, 0.29) is 5.04 Å². The van der Waals surface area contributed by atoms with E-state index in [2.05, 4.69) is 20.7 Å². The van der Waals surface area contributed by atoms with Crippen molar-refractivity contribution in [1.29, 1.82) is 0 Å². The van der Waals surface area contributed by atoms with Crippen LogP contribution in [0.4, 0.5) is 5.69 Å². The maximum Gasteiger partial charge on any atom is 0.365 e. The highest BCUT2D eigenvalue weighted by atomic mass is 35.5. The molecule has 1 heterocycles. The first-order chi connectivity index (χ1) is 15.7. The van der Waals surface area contributed by atoms with E-state index in [9.17, 15) is 4.79 Å². The second-order valence-electron chi connectivity index (χ2n) is 6.48. The molecular weight excluding hydrogens is 446 g/mol. The average molecular weight is 464 g/mol. The second-order valence-corrected chi connectivity index (χ2v) is 7.87. The molecule has 1 aromatic heterocycles. The van der Waals surface area contributed by atoms with Crippen molar-refractivity contribution in [1.82, 2.24) is 14.8 Å². The Kier molecular flexibility index (Phi) is 6.84. The Labute approximate surface area is 194 Å². The molecule has 0 aliphatic carbocycles. The van der Waals surface area contributed by atoms with Crippen LogP contribution in [0.5, 0.6) is 0 Å². The Morgan fingerprint density at radius 3 is 2.41 bits per heavy atom. The summed E-state index contributed by atoms with van der Waals surface area (Å²) in [7, 11) is 1.30. The highest BCUT2D eigenvalue weighted by Crippen LogP contribution is 2.29. The Balaban J connectivity index is 1.73. The van der Waals surface area contributed by atoms with Gasteiger partial charge < -0.3 is 4.74 Å². The molecule has 9 heteroatoms. The highest BCUT2D eigenvalue weighted by Gasteiger charge is 2.22. The maximum absolute atomic E-state index is 12.4. The fraction of sp³-hybridized carbons (Fsp3) is 0.0435. The van der Waals surface area contributed by atoms with Gasteiger partial charge in [0, 0.05) is 16.3 Å². The minimum atomic E-state index is -0.603. The molecule has 0 fully saturated rings. The van der Waals surface area contributed by atoms with Gasteiger partial charge in [-0.05, 0) is 42.1 Å². The van der Waals surface area contributed by atoms with E-state index in [0.29, 0.717) is 21.7 Å². The molecule has 160 valence electrons. The number of thioether (sulfide) groups is 1. The fourth-order valence-corrected chi connectivity index (χ4v) is 3.86. The first-order valence-corrected chi connectivity index (χ1v) is 10.8. The molecule has 0 amide bonds. The maximum atomic E-state index is 12.4. The summed E-state index contributed by atoms with van der Waals surface area (Å²) in [6, 6.07) is 26.4. The van der Waals surface area contributed by atoms with Gasteiger partial charge in [-0.1, -0.05) is 66.2 Å². The van der Waals surface area contributed by atoms with Crippen LogP contribution in [0, 0.1) is 0 Å². The Hall–Kier alpha value is -3.62. The average Bonchev–Trinajstić information content (AvgIpc) is 3.26. The molecule has 0 aliphatic rings. The van der Waals surface area contributed by atoms with Gasteiger partial charge in [0.2, 0.25) is 10.2 Å². The predicted octanol–water partition coefficient (Wildman–Crippen LogP) is 5.28. The van der Waals surface area contributed by atoms with Gasteiger partial charge in [0.05, 0.1) is 12.8 Å². The number of hydrazone groups is 1. The normalized spacial score (nSPS) is 11.2. The number of rotatable bonds is 5. The smallest absolute Gasteiger partial charge is 0.365 e. The molecule has 0 unspecified atom stereocenters. The van der Waals surface area contributed by atoms with Crippen molar-refractivity contribution >= 4 is 40.1 Å². The van der Waals surface area contributed by atoms with Crippen LogP contribution in [0.25, 0.3) is 17.1 Å². The molecular formula is C23H18ClN5O2S. The monoisotopic (exact) mass is 463 g/mol. The number of halogens is 1. The number of benzene rings is 3. The Morgan fingerprint density at radius 1 is 1.00 bits per heavy atom. The van der Waals surface area contributed by atoms with Crippen LogP contribution in [-0.4, -0.2) is 32.9 Å². The van der Waals surface area contributed by atoms with Crippen molar-refractivity contribution in [3.05, 3.63) is 90.0 Å². The number of methoxy groups -OCH3 is 1. The number of carbonyl (C=O) groups is 1. The van der Waals surface area contributed by atoms with Crippen molar-refractivity contribution in [2.45, 2.75) is 5.16 Å². The molecule has 4 rings (SSSR count). The number of anilines is 1. The molecule has 0 radical (unpaired) electrons. The van der Waals surface area contributed by atoms with Crippen LogP contribution in [-0.2, 0) is 9.53 Å². The molecule has 32 heavy (non-hydrogen) atoms. The van der Waals surface area contributed by atoms with Crippen molar-refractivity contribution in [3.63, 3.8) is 0 Å². The highest BCUT2D eigenvalue weighted by molar-refractivity contribution is 8.15. The van der Waals surface area contributed by atoms with Gasteiger partial charge in [0.15, 0.2) is 5.82 Å². The third kappa shape index (κ3) is 4.99. The van der Waals surface area contributed by atoms with E-state index in [1.165, 1.54) is 7.11 Å². The number of hydrogen-bond donors (Lipinski definition) is 1. The molecule has 0 saturated heterocycles. The lowest BCUT2D eigenvalue weighted by atomic mass is 10.2. The summed E-state index contributed by atoms with van der Waals surface area (Å²) in [6.45, 7) is 0. The summed E-state index contributed by atoms with van der Waals surface area (Å²) >= 11 is 7.07. The van der Waals surface area contributed by atoms with E-state index in [1.54, 1.807) is 24.3 Å². The largest absolute Gasteiger partial charge is 0.464 e. The SMILES string of the molecule is COC(=O)C(=NNc1cccc(Cl)c1)Sc1nnc(-c2ccccc2)n1-c1ccccc1. The van der Waals surface area contributed by atoms with Crippen LogP contribution in [0.15, 0.2) is 95.2 Å². The van der Waals surface area contributed by atoms with E-state index in [4.69, 9.17) is 16.3 Å². The minimum Gasteiger partial charge on any atom is -0.464 e. The van der Waals surface area contributed by atoms with Gasteiger partial charge in [-0.3, -0.25) is 9.99 Å². The lowest BCUT2D eigenvalue weighted by molar-refractivity contribution is -0.132. The lowest BCUT2D eigenvalue weighted by Gasteiger charge is -2.11. The molecule has 0 bridgehead atoms. The molecule has 3 aromatic carbocycles. The molecule has 0 spiro atoms. The molecule has 4 aromatic rings. The van der Waals surface area contributed by atoms with Crippen molar-refractivity contribution in [2.24, 2.45) is 5.10 Å². The number of aromatic nitrogens is 3. The van der Waals surface area contributed by atoms with Gasteiger partial charge in [0.25, 0.3) is 0 Å². The number of nitrogens with one attached hydrogen (secondary N) is 1. The van der Waals surface area contributed by atoms with Crippen molar-refractivity contribution < 1.29 is 9.53 Å². The first-order valence-electron chi connectivity index (χ1n) is 9.57. The van der Waals surface area contributed by atoms with E-state index in [1.807, 2.05) is 65.2 Å².